The van der Waals surface area contributed by atoms with Gasteiger partial charge in [0.05, 0.1) is 6.33 Å². The Morgan fingerprint density at radius 2 is 2.33 bits per heavy atom. The van der Waals surface area contributed by atoms with Gasteiger partial charge < -0.3 is 4.57 Å². The van der Waals surface area contributed by atoms with Gasteiger partial charge in [-0.1, -0.05) is 0 Å². The summed E-state index contributed by atoms with van der Waals surface area (Å²) in [5, 5.41) is 0. The molecule has 0 aliphatic heterocycles. The summed E-state index contributed by atoms with van der Waals surface area (Å²) in [4.78, 5) is 3.97. The summed E-state index contributed by atoms with van der Waals surface area (Å²) >= 11 is 0. The molecule has 2 nitrogen and oxygen atoms in total. The van der Waals surface area contributed by atoms with E-state index in [-0.39, 0.29) is 0 Å². The molecule has 47 valence electrons. The first kappa shape index (κ1) is 5.03. The van der Waals surface area contributed by atoms with Crippen molar-refractivity contribution in [3.05, 3.63) is 25.1 Å². The first-order valence-electron chi connectivity index (χ1n) is 3.26. The van der Waals surface area contributed by atoms with E-state index >= 15 is 0 Å². The summed E-state index contributed by atoms with van der Waals surface area (Å²) in [7, 11) is 0. The van der Waals surface area contributed by atoms with Crippen LogP contribution in [0.3, 0.4) is 0 Å². The van der Waals surface area contributed by atoms with Crippen LogP contribution in [-0.4, -0.2) is 9.55 Å². The SMILES string of the molecule is [CH]1CC(n2ccnc2)C1. The Balaban J connectivity index is 2.14. The summed E-state index contributed by atoms with van der Waals surface area (Å²) in [6.45, 7) is 0. The van der Waals surface area contributed by atoms with Crippen LogP contribution in [0.15, 0.2) is 18.7 Å². The highest BCUT2D eigenvalue weighted by atomic mass is 15.1. The standard InChI is InChI=1S/C7H9N2/c1-2-7(3-1)9-5-4-8-6-9/h1,4-7H,2-3H2. The number of aromatic nitrogens is 2. The predicted molar refractivity (Wildman–Crippen MR) is 34.8 cm³/mol. The first-order chi connectivity index (χ1) is 4.47. The van der Waals surface area contributed by atoms with Crippen molar-refractivity contribution in [2.75, 3.05) is 0 Å². The van der Waals surface area contributed by atoms with Crippen LogP contribution >= 0.6 is 0 Å². The molecule has 2 rings (SSSR count). The fraction of sp³-hybridized carbons (Fsp3) is 0.429. The highest BCUT2D eigenvalue weighted by Crippen LogP contribution is 2.29. The molecule has 0 amide bonds. The maximum absolute atomic E-state index is 3.97. The molecule has 0 spiro atoms. The molecule has 1 saturated carbocycles. The van der Waals surface area contributed by atoms with E-state index in [9.17, 15) is 0 Å². The second-order valence-corrected chi connectivity index (χ2v) is 2.42. The summed E-state index contributed by atoms with van der Waals surface area (Å²) in [6, 6.07) is 0.715. The lowest BCUT2D eigenvalue weighted by molar-refractivity contribution is 0.398. The minimum atomic E-state index is 0.715. The van der Waals surface area contributed by atoms with Gasteiger partial charge in [0.2, 0.25) is 0 Å². The molecule has 1 aromatic heterocycles. The Bertz CT molecular complexity index is 175. The highest BCUT2D eigenvalue weighted by Gasteiger charge is 2.17. The molecule has 1 aliphatic rings. The molecule has 0 saturated heterocycles. The molecule has 0 atom stereocenters. The predicted octanol–water partition coefficient (Wildman–Crippen LogP) is 1.42. The van der Waals surface area contributed by atoms with E-state index in [1.54, 1.807) is 0 Å². The number of hydrogen-bond donors (Lipinski definition) is 0. The van der Waals surface area contributed by atoms with Crippen molar-refractivity contribution in [1.82, 2.24) is 9.55 Å². The smallest absolute Gasteiger partial charge is 0.0948 e. The van der Waals surface area contributed by atoms with Gasteiger partial charge in [0.15, 0.2) is 0 Å². The van der Waals surface area contributed by atoms with Crippen molar-refractivity contribution in [1.29, 1.82) is 0 Å². The van der Waals surface area contributed by atoms with Crippen LogP contribution in [0.2, 0.25) is 0 Å². The van der Waals surface area contributed by atoms with Crippen LogP contribution < -0.4 is 0 Å². The Labute approximate surface area is 54.5 Å². The average Bonchev–Trinajstić information content (AvgIpc) is 2.11. The van der Waals surface area contributed by atoms with Gasteiger partial charge >= 0.3 is 0 Å². The maximum atomic E-state index is 3.97. The molecular weight excluding hydrogens is 112 g/mol. The molecule has 0 N–H and O–H groups in total. The minimum Gasteiger partial charge on any atom is -0.334 e. The molecular formula is C7H9N2. The van der Waals surface area contributed by atoms with Gasteiger partial charge in [-0.15, -0.1) is 0 Å². The maximum Gasteiger partial charge on any atom is 0.0948 e. The van der Waals surface area contributed by atoms with Crippen molar-refractivity contribution in [2.45, 2.75) is 18.9 Å². The van der Waals surface area contributed by atoms with Crippen molar-refractivity contribution in [3.8, 4) is 0 Å². The molecule has 0 bridgehead atoms. The molecule has 2 heteroatoms. The van der Waals surface area contributed by atoms with Crippen LogP contribution in [0.4, 0.5) is 0 Å². The second kappa shape index (κ2) is 1.87. The zero-order valence-corrected chi connectivity index (χ0v) is 5.20. The summed E-state index contributed by atoms with van der Waals surface area (Å²) in [5.41, 5.74) is 0. The van der Waals surface area contributed by atoms with Crippen molar-refractivity contribution < 1.29 is 0 Å². The summed E-state index contributed by atoms with van der Waals surface area (Å²) in [5.74, 6) is 0. The van der Waals surface area contributed by atoms with Crippen LogP contribution in [0.1, 0.15) is 18.9 Å². The third-order valence-electron chi connectivity index (χ3n) is 1.82. The Kier molecular flexibility index (Phi) is 1.04. The van der Waals surface area contributed by atoms with Gasteiger partial charge in [-0.2, -0.15) is 0 Å². The van der Waals surface area contributed by atoms with Gasteiger partial charge in [0, 0.05) is 18.4 Å². The summed E-state index contributed by atoms with van der Waals surface area (Å²) < 4.78 is 2.17. The van der Waals surface area contributed by atoms with E-state index in [4.69, 9.17) is 0 Å². The van der Waals surface area contributed by atoms with Crippen LogP contribution in [0.25, 0.3) is 0 Å². The summed E-state index contributed by atoms with van der Waals surface area (Å²) in [6.07, 6.45) is 10.5. The molecule has 0 aromatic carbocycles. The molecule has 1 fully saturated rings. The van der Waals surface area contributed by atoms with Crippen LogP contribution in [0, 0.1) is 6.42 Å². The van der Waals surface area contributed by atoms with Gasteiger partial charge in [-0.25, -0.2) is 4.98 Å². The van der Waals surface area contributed by atoms with E-state index in [0.29, 0.717) is 6.04 Å². The lowest BCUT2D eigenvalue weighted by Crippen LogP contribution is -2.15. The van der Waals surface area contributed by atoms with Gasteiger partial charge in [0.25, 0.3) is 0 Å². The number of rotatable bonds is 1. The number of nitrogens with zero attached hydrogens (tertiary/aromatic N) is 2. The minimum absolute atomic E-state index is 0.715. The zero-order valence-electron chi connectivity index (χ0n) is 5.20. The molecule has 1 heterocycles. The van der Waals surface area contributed by atoms with E-state index in [1.807, 2.05) is 18.7 Å². The number of imidazole rings is 1. The zero-order chi connectivity index (χ0) is 6.10. The quantitative estimate of drug-likeness (QED) is 0.549. The van der Waals surface area contributed by atoms with Gasteiger partial charge in [-0.3, -0.25) is 0 Å². The third-order valence-corrected chi connectivity index (χ3v) is 1.82. The lowest BCUT2D eigenvalue weighted by Gasteiger charge is -2.25. The highest BCUT2D eigenvalue weighted by molar-refractivity contribution is 4.93. The fourth-order valence-electron chi connectivity index (χ4n) is 1.04. The molecule has 9 heavy (non-hydrogen) atoms. The van der Waals surface area contributed by atoms with Crippen molar-refractivity contribution in [2.24, 2.45) is 0 Å². The van der Waals surface area contributed by atoms with E-state index in [2.05, 4.69) is 16.0 Å². The largest absolute Gasteiger partial charge is 0.334 e. The second-order valence-electron chi connectivity index (χ2n) is 2.42. The molecule has 0 unspecified atom stereocenters. The molecule has 1 aromatic rings. The topological polar surface area (TPSA) is 17.8 Å². The van der Waals surface area contributed by atoms with E-state index in [1.165, 1.54) is 12.8 Å². The Hall–Kier alpha value is -0.790. The molecule has 1 radical (unpaired) electrons. The van der Waals surface area contributed by atoms with Crippen molar-refractivity contribution in [3.63, 3.8) is 0 Å². The number of hydrogen-bond acceptors (Lipinski definition) is 1. The van der Waals surface area contributed by atoms with Gasteiger partial charge in [-0.05, 0) is 19.3 Å². The Morgan fingerprint density at radius 1 is 1.44 bits per heavy atom. The fourth-order valence-corrected chi connectivity index (χ4v) is 1.04. The van der Waals surface area contributed by atoms with E-state index in [0.717, 1.165) is 0 Å². The Morgan fingerprint density at radius 3 is 2.78 bits per heavy atom. The normalized spacial score (nSPS) is 19.6. The first-order valence-corrected chi connectivity index (χ1v) is 3.26. The third kappa shape index (κ3) is 0.745. The molecule has 1 aliphatic carbocycles. The van der Waals surface area contributed by atoms with Crippen molar-refractivity contribution >= 4 is 0 Å². The van der Waals surface area contributed by atoms with Crippen LogP contribution in [-0.2, 0) is 0 Å². The van der Waals surface area contributed by atoms with E-state index < -0.39 is 0 Å². The van der Waals surface area contributed by atoms with Gasteiger partial charge in [0.1, 0.15) is 0 Å². The lowest BCUT2D eigenvalue weighted by atomic mass is 9.93. The monoisotopic (exact) mass is 121 g/mol. The average molecular weight is 121 g/mol. The van der Waals surface area contributed by atoms with Crippen LogP contribution in [0.5, 0.6) is 0 Å².